The zero-order valence-electron chi connectivity index (χ0n) is 9.92. The van der Waals surface area contributed by atoms with Crippen molar-refractivity contribution in [2.45, 2.75) is 32.7 Å². The van der Waals surface area contributed by atoms with Crippen LogP contribution < -0.4 is 5.32 Å². The van der Waals surface area contributed by atoms with Crippen molar-refractivity contribution in [3.05, 3.63) is 30.1 Å². The molecule has 0 aromatic heterocycles. The van der Waals surface area contributed by atoms with E-state index in [1.165, 1.54) is 12.1 Å². The van der Waals surface area contributed by atoms with Gasteiger partial charge in [0.2, 0.25) is 0 Å². The second-order valence-electron chi connectivity index (χ2n) is 4.22. The molecule has 0 radical (unpaired) electrons. The summed E-state index contributed by atoms with van der Waals surface area (Å²) in [5.74, 6) is -0.0818. The van der Waals surface area contributed by atoms with E-state index in [1.54, 1.807) is 12.1 Å². The summed E-state index contributed by atoms with van der Waals surface area (Å²) in [7, 11) is 0. The molecule has 16 heavy (non-hydrogen) atoms. The number of hydrogen-bond donors (Lipinski definition) is 1. The Morgan fingerprint density at radius 2 is 1.94 bits per heavy atom. The second-order valence-corrected chi connectivity index (χ2v) is 4.22. The van der Waals surface area contributed by atoms with Crippen LogP contribution in [-0.4, -0.2) is 5.54 Å². The average Bonchev–Trinajstić information content (AvgIpc) is 2.28. The van der Waals surface area contributed by atoms with Crippen LogP contribution in [0.2, 0.25) is 0 Å². The van der Waals surface area contributed by atoms with Crippen molar-refractivity contribution < 1.29 is 4.39 Å². The fraction of sp³-hybridized carbons (Fsp3) is 0.462. The SMILES string of the molecule is CCC(C#N)(Nc1ccc(F)cc1)C(C)C. The van der Waals surface area contributed by atoms with Gasteiger partial charge in [-0.2, -0.15) is 5.26 Å². The summed E-state index contributed by atoms with van der Waals surface area (Å²) in [5.41, 5.74) is 0.191. The summed E-state index contributed by atoms with van der Waals surface area (Å²) in [6, 6.07) is 8.41. The quantitative estimate of drug-likeness (QED) is 0.842. The average molecular weight is 220 g/mol. The largest absolute Gasteiger partial charge is 0.367 e. The molecule has 0 bridgehead atoms. The second kappa shape index (κ2) is 4.98. The highest BCUT2D eigenvalue weighted by atomic mass is 19.1. The van der Waals surface area contributed by atoms with Crippen LogP contribution in [-0.2, 0) is 0 Å². The fourth-order valence-corrected chi connectivity index (χ4v) is 1.67. The highest BCUT2D eigenvalue weighted by Gasteiger charge is 2.31. The number of hydrogen-bond acceptors (Lipinski definition) is 2. The molecular formula is C13H17FN2. The third-order valence-electron chi connectivity index (χ3n) is 2.95. The third kappa shape index (κ3) is 2.52. The minimum Gasteiger partial charge on any atom is -0.367 e. The van der Waals surface area contributed by atoms with Crippen LogP contribution >= 0.6 is 0 Å². The van der Waals surface area contributed by atoms with E-state index in [1.807, 2.05) is 20.8 Å². The van der Waals surface area contributed by atoms with Crippen LogP contribution in [0, 0.1) is 23.1 Å². The molecule has 0 saturated carbocycles. The van der Waals surface area contributed by atoms with E-state index >= 15 is 0 Å². The van der Waals surface area contributed by atoms with Gasteiger partial charge in [0.15, 0.2) is 0 Å². The van der Waals surface area contributed by atoms with Gasteiger partial charge in [0.1, 0.15) is 11.4 Å². The number of nitrogens with zero attached hydrogens (tertiary/aromatic N) is 1. The normalized spacial score (nSPS) is 14.2. The van der Waals surface area contributed by atoms with Gasteiger partial charge in [-0.25, -0.2) is 4.39 Å². The van der Waals surface area contributed by atoms with Crippen LogP contribution in [0.5, 0.6) is 0 Å². The molecule has 1 rings (SSSR count). The number of nitriles is 1. The highest BCUT2D eigenvalue weighted by molar-refractivity contribution is 5.47. The minimum atomic E-state index is -0.585. The predicted molar refractivity (Wildman–Crippen MR) is 63.5 cm³/mol. The van der Waals surface area contributed by atoms with Crippen LogP contribution in [0.1, 0.15) is 27.2 Å². The van der Waals surface area contributed by atoms with E-state index < -0.39 is 5.54 Å². The van der Waals surface area contributed by atoms with E-state index in [0.29, 0.717) is 6.42 Å². The lowest BCUT2D eigenvalue weighted by Crippen LogP contribution is -2.41. The summed E-state index contributed by atoms with van der Waals surface area (Å²) in [4.78, 5) is 0. The van der Waals surface area contributed by atoms with Gasteiger partial charge in [-0.05, 0) is 36.6 Å². The van der Waals surface area contributed by atoms with Gasteiger partial charge < -0.3 is 5.32 Å². The first-order valence-corrected chi connectivity index (χ1v) is 5.49. The Labute approximate surface area is 96.1 Å². The molecule has 86 valence electrons. The molecule has 1 aromatic carbocycles. The molecular weight excluding hydrogens is 203 g/mol. The molecule has 2 nitrogen and oxygen atoms in total. The number of halogens is 1. The number of benzene rings is 1. The van der Waals surface area contributed by atoms with Crippen molar-refractivity contribution in [1.29, 1.82) is 5.26 Å². The van der Waals surface area contributed by atoms with Crippen LogP contribution in [0.4, 0.5) is 10.1 Å². The maximum Gasteiger partial charge on any atom is 0.127 e. The standard InChI is InChI=1S/C13H17FN2/c1-4-13(9-15,10(2)3)16-12-7-5-11(14)6-8-12/h5-8,10,16H,4H2,1-3H3. The van der Waals surface area contributed by atoms with Gasteiger partial charge in [0.05, 0.1) is 6.07 Å². The Hall–Kier alpha value is -1.56. The van der Waals surface area contributed by atoms with Gasteiger partial charge in [0, 0.05) is 5.69 Å². The van der Waals surface area contributed by atoms with Crippen molar-refractivity contribution in [2.75, 3.05) is 5.32 Å². The molecule has 1 N–H and O–H groups in total. The molecule has 0 aliphatic carbocycles. The highest BCUT2D eigenvalue weighted by Crippen LogP contribution is 2.26. The van der Waals surface area contributed by atoms with Crippen LogP contribution in [0.3, 0.4) is 0 Å². The summed E-state index contributed by atoms with van der Waals surface area (Å²) < 4.78 is 12.7. The van der Waals surface area contributed by atoms with Crippen molar-refractivity contribution in [1.82, 2.24) is 0 Å². The Bertz CT molecular complexity index is 378. The van der Waals surface area contributed by atoms with E-state index in [9.17, 15) is 9.65 Å². The van der Waals surface area contributed by atoms with E-state index in [0.717, 1.165) is 5.69 Å². The Morgan fingerprint density at radius 3 is 2.31 bits per heavy atom. The fourth-order valence-electron chi connectivity index (χ4n) is 1.67. The Kier molecular flexibility index (Phi) is 3.89. The first-order valence-electron chi connectivity index (χ1n) is 5.49. The van der Waals surface area contributed by atoms with Gasteiger partial charge in [-0.3, -0.25) is 0 Å². The third-order valence-corrected chi connectivity index (χ3v) is 2.95. The van der Waals surface area contributed by atoms with Crippen molar-refractivity contribution in [2.24, 2.45) is 5.92 Å². The molecule has 0 fully saturated rings. The van der Waals surface area contributed by atoms with Crippen LogP contribution in [0.25, 0.3) is 0 Å². The number of nitrogens with one attached hydrogen (secondary N) is 1. The maximum atomic E-state index is 12.7. The van der Waals surface area contributed by atoms with Crippen molar-refractivity contribution in [3.63, 3.8) is 0 Å². The smallest absolute Gasteiger partial charge is 0.127 e. The van der Waals surface area contributed by atoms with Crippen molar-refractivity contribution >= 4 is 5.69 Å². The zero-order chi connectivity index (χ0) is 12.2. The monoisotopic (exact) mass is 220 g/mol. The zero-order valence-corrected chi connectivity index (χ0v) is 9.92. The van der Waals surface area contributed by atoms with Crippen LogP contribution in [0.15, 0.2) is 24.3 Å². The molecule has 1 aromatic rings. The summed E-state index contributed by atoms with van der Waals surface area (Å²) in [6.45, 7) is 5.98. The lowest BCUT2D eigenvalue weighted by Gasteiger charge is -2.31. The first kappa shape index (κ1) is 12.5. The summed E-state index contributed by atoms with van der Waals surface area (Å²) in [5, 5.41) is 12.5. The van der Waals surface area contributed by atoms with Gasteiger partial charge >= 0.3 is 0 Å². The summed E-state index contributed by atoms with van der Waals surface area (Å²) in [6.07, 6.45) is 0.707. The van der Waals surface area contributed by atoms with Gasteiger partial charge in [-0.15, -0.1) is 0 Å². The lowest BCUT2D eigenvalue weighted by atomic mass is 9.85. The Balaban J connectivity index is 2.93. The van der Waals surface area contributed by atoms with E-state index in [2.05, 4.69) is 11.4 Å². The molecule has 0 aliphatic rings. The number of anilines is 1. The van der Waals surface area contributed by atoms with Gasteiger partial charge in [-0.1, -0.05) is 20.8 Å². The predicted octanol–water partition coefficient (Wildman–Crippen LogP) is 3.57. The minimum absolute atomic E-state index is 0.188. The van der Waals surface area contributed by atoms with Gasteiger partial charge in [0.25, 0.3) is 0 Å². The molecule has 0 heterocycles. The molecule has 0 saturated heterocycles. The van der Waals surface area contributed by atoms with Crippen molar-refractivity contribution in [3.8, 4) is 6.07 Å². The molecule has 0 spiro atoms. The molecule has 0 aliphatic heterocycles. The first-order chi connectivity index (χ1) is 7.54. The molecule has 3 heteroatoms. The topological polar surface area (TPSA) is 35.8 Å². The van der Waals surface area contributed by atoms with E-state index in [-0.39, 0.29) is 11.7 Å². The molecule has 1 atom stereocenters. The molecule has 1 unspecified atom stereocenters. The number of rotatable bonds is 4. The maximum absolute atomic E-state index is 12.7. The Morgan fingerprint density at radius 1 is 1.38 bits per heavy atom. The molecule has 0 amide bonds. The lowest BCUT2D eigenvalue weighted by molar-refractivity contribution is 0.416. The van der Waals surface area contributed by atoms with E-state index in [4.69, 9.17) is 0 Å². The summed E-state index contributed by atoms with van der Waals surface area (Å²) >= 11 is 0.